The minimum absolute atomic E-state index is 0.461. The molecule has 0 atom stereocenters. The molecule has 0 amide bonds. The van der Waals surface area contributed by atoms with Crippen LogP contribution in [0, 0.1) is 23.7 Å². The maximum Gasteiger partial charge on any atom is 0.416 e. The number of nitriles is 1. The van der Waals surface area contributed by atoms with Gasteiger partial charge in [0.05, 0.1) is 17.0 Å². The summed E-state index contributed by atoms with van der Waals surface area (Å²) in [4.78, 5) is 0. The van der Waals surface area contributed by atoms with Gasteiger partial charge in [0, 0.05) is 12.2 Å². The van der Waals surface area contributed by atoms with Crippen LogP contribution in [-0.4, -0.2) is 6.54 Å². The van der Waals surface area contributed by atoms with Crippen LogP contribution in [0.1, 0.15) is 31.4 Å². The van der Waals surface area contributed by atoms with Crippen LogP contribution >= 0.6 is 0 Å². The van der Waals surface area contributed by atoms with E-state index in [1.54, 1.807) is 20.8 Å². The second-order valence-corrected chi connectivity index (χ2v) is 5.20. The molecule has 1 N–H and O–H groups in total. The molecule has 1 aromatic carbocycles. The van der Waals surface area contributed by atoms with E-state index in [-0.39, 0.29) is 0 Å². The monoisotopic (exact) mass is 270 g/mol. The highest BCUT2D eigenvalue weighted by molar-refractivity contribution is 5.53. The summed E-state index contributed by atoms with van der Waals surface area (Å²) in [6, 6.07) is 5.78. The molecule has 19 heavy (non-hydrogen) atoms. The lowest BCUT2D eigenvalue weighted by Gasteiger charge is -2.17. The Bertz CT molecular complexity index is 484. The summed E-state index contributed by atoms with van der Waals surface area (Å²) in [6.45, 7) is 5.81. The molecular weight excluding hydrogens is 253 g/mol. The summed E-state index contributed by atoms with van der Waals surface area (Å²) >= 11 is 0. The zero-order valence-corrected chi connectivity index (χ0v) is 11.2. The molecule has 0 radical (unpaired) electrons. The molecule has 2 nitrogen and oxygen atoms in total. The van der Waals surface area contributed by atoms with Crippen LogP contribution in [0.2, 0.25) is 0 Å². The van der Waals surface area contributed by atoms with Gasteiger partial charge in [0.2, 0.25) is 0 Å². The first-order valence-electron chi connectivity index (χ1n) is 5.99. The first-order chi connectivity index (χ1) is 8.65. The first-order valence-corrected chi connectivity index (χ1v) is 5.99. The zero-order chi connectivity index (χ0) is 14.7. The van der Waals surface area contributed by atoms with Crippen molar-refractivity contribution in [1.29, 1.82) is 5.26 Å². The molecule has 5 heteroatoms. The smallest absolute Gasteiger partial charge is 0.385 e. The Morgan fingerprint density at radius 2 is 1.89 bits per heavy atom. The van der Waals surface area contributed by atoms with E-state index in [1.165, 1.54) is 6.07 Å². The van der Waals surface area contributed by atoms with E-state index in [2.05, 4.69) is 11.4 Å². The molecule has 0 spiro atoms. The van der Waals surface area contributed by atoms with Crippen LogP contribution in [0.4, 0.5) is 18.9 Å². The van der Waals surface area contributed by atoms with Crippen LogP contribution in [0.3, 0.4) is 0 Å². The van der Waals surface area contributed by atoms with Gasteiger partial charge < -0.3 is 5.32 Å². The Balaban J connectivity index is 2.77. The van der Waals surface area contributed by atoms with Crippen molar-refractivity contribution in [3.8, 4) is 6.07 Å². The topological polar surface area (TPSA) is 35.8 Å². The van der Waals surface area contributed by atoms with Gasteiger partial charge in [0.15, 0.2) is 0 Å². The number of nitrogens with zero attached hydrogens (tertiary/aromatic N) is 1. The van der Waals surface area contributed by atoms with Gasteiger partial charge in [-0.15, -0.1) is 0 Å². The Hall–Kier alpha value is -1.70. The Labute approximate surface area is 111 Å². The number of benzene rings is 1. The van der Waals surface area contributed by atoms with Gasteiger partial charge >= 0.3 is 6.18 Å². The number of rotatable bonds is 4. The summed E-state index contributed by atoms with van der Waals surface area (Å²) in [5.74, 6) is 0. The summed E-state index contributed by atoms with van der Waals surface area (Å²) in [5.41, 5.74) is 0.0641. The molecule has 1 aromatic rings. The molecular formula is C14H17F3N2. The quantitative estimate of drug-likeness (QED) is 0.882. The summed E-state index contributed by atoms with van der Waals surface area (Å²) in [7, 11) is 0. The third-order valence-corrected chi connectivity index (χ3v) is 2.93. The molecule has 0 saturated carbocycles. The highest BCUT2D eigenvalue weighted by Gasteiger charge is 2.30. The van der Waals surface area contributed by atoms with E-state index in [0.29, 0.717) is 18.7 Å². The number of alkyl halides is 3. The van der Waals surface area contributed by atoms with Crippen LogP contribution < -0.4 is 5.32 Å². The predicted octanol–water partition coefficient (Wildman–Crippen LogP) is 4.37. The molecule has 0 saturated heterocycles. The Morgan fingerprint density at radius 1 is 1.26 bits per heavy atom. The first kappa shape index (κ1) is 15.4. The average Bonchev–Trinajstić information content (AvgIpc) is 2.30. The van der Waals surface area contributed by atoms with Gasteiger partial charge in [-0.1, -0.05) is 6.07 Å². The van der Waals surface area contributed by atoms with Gasteiger partial charge in [0.1, 0.15) is 0 Å². The van der Waals surface area contributed by atoms with Gasteiger partial charge in [-0.25, -0.2) is 0 Å². The van der Waals surface area contributed by atoms with E-state index < -0.39 is 17.2 Å². The highest BCUT2D eigenvalue weighted by atomic mass is 19.4. The van der Waals surface area contributed by atoms with Crippen molar-refractivity contribution in [2.75, 3.05) is 11.9 Å². The number of hydrogen-bond acceptors (Lipinski definition) is 2. The number of nitrogens with one attached hydrogen (secondary N) is 1. The normalized spacial score (nSPS) is 12.1. The number of halogens is 3. The molecule has 0 fully saturated rings. The molecule has 104 valence electrons. The largest absolute Gasteiger partial charge is 0.416 e. The van der Waals surface area contributed by atoms with Crippen LogP contribution in [-0.2, 0) is 6.18 Å². The van der Waals surface area contributed by atoms with E-state index in [4.69, 9.17) is 5.26 Å². The van der Waals surface area contributed by atoms with Gasteiger partial charge in [0.25, 0.3) is 0 Å². The van der Waals surface area contributed by atoms with Crippen molar-refractivity contribution in [3.05, 3.63) is 29.3 Å². The number of anilines is 1. The molecule has 1 rings (SSSR count). The summed E-state index contributed by atoms with van der Waals surface area (Å²) < 4.78 is 37.8. The van der Waals surface area contributed by atoms with Gasteiger partial charge in [-0.05, 0) is 44.9 Å². The van der Waals surface area contributed by atoms with Crippen LogP contribution in [0.25, 0.3) is 0 Å². The molecule has 0 unspecified atom stereocenters. The maximum atomic E-state index is 12.6. The molecule has 0 aliphatic carbocycles. The SMILES string of the molecule is Cc1ccc(C(F)(F)F)cc1NCCC(C)(C)C#N. The van der Waals surface area contributed by atoms with E-state index in [1.807, 2.05) is 0 Å². The van der Waals surface area contributed by atoms with Crippen molar-refractivity contribution >= 4 is 5.69 Å². The average molecular weight is 270 g/mol. The van der Waals surface area contributed by atoms with E-state index in [0.717, 1.165) is 17.7 Å². The molecule has 0 bridgehead atoms. The second kappa shape index (κ2) is 5.52. The van der Waals surface area contributed by atoms with E-state index in [9.17, 15) is 13.2 Å². The minimum Gasteiger partial charge on any atom is -0.385 e. The summed E-state index contributed by atoms with van der Waals surface area (Å²) in [5, 5.41) is 11.8. The summed E-state index contributed by atoms with van der Waals surface area (Å²) in [6.07, 6.45) is -3.77. The third-order valence-electron chi connectivity index (χ3n) is 2.93. The lowest BCUT2D eigenvalue weighted by atomic mass is 9.91. The number of hydrogen-bond donors (Lipinski definition) is 1. The lowest BCUT2D eigenvalue weighted by molar-refractivity contribution is -0.137. The Morgan fingerprint density at radius 3 is 2.42 bits per heavy atom. The fourth-order valence-electron chi connectivity index (χ4n) is 1.55. The predicted molar refractivity (Wildman–Crippen MR) is 68.7 cm³/mol. The standard InChI is InChI=1S/C14H17F3N2/c1-10-4-5-11(14(15,16)17)8-12(10)19-7-6-13(2,3)9-18/h4-5,8,19H,6-7H2,1-3H3. The second-order valence-electron chi connectivity index (χ2n) is 5.20. The fraction of sp³-hybridized carbons (Fsp3) is 0.500. The zero-order valence-electron chi connectivity index (χ0n) is 11.2. The third kappa shape index (κ3) is 4.47. The molecule has 0 aliphatic rings. The van der Waals surface area contributed by atoms with E-state index >= 15 is 0 Å². The molecule has 0 aliphatic heterocycles. The van der Waals surface area contributed by atoms with Crippen LogP contribution in [0.15, 0.2) is 18.2 Å². The van der Waals surface area contributed by atoms with Crippen molar-refractivity contribution in [2.45, 2.75) is 33.4 Å². The van der Waals surface area contributed by atoms with Crippen molar-refractivity contribution in [3.63, 3.8) is 0 Å². The van der Waals surface area contributed by atoms with Crippen molar-refractivity contribution in [2.24, 2.45) is 5.41 Å². The lowest BCUT2D eigenvalue weighted by Crippen LogP contribution is -2.15. The minimum atomic E-state index is -4.34. The maximum absolute atomic E-state index is 12.6. The molecule has 0 aromatic heterocycles. The van der Waals surface area contributed by atoms with Crippen molar-refractivity contribution in [1.82, 2.24) is 0 Å². The Kier molecular flexibility index (Phi) is 4.46. The number of aryl methyl sites for hydroxylation is 1. The fourth-order valence-corrected chi connectivity index (χ4v) is 1.55. The van der Waals surface area contributed by atoms with Gasteiger partial charge in [-0.3, -0.25) is 0 Å². The van der Waals surface area contributed by atoms with Crippen molar-refractivity contribution < 1.29 is 13.2 Å². The highest BCUT2D eigenvalue weighted by Crippen LogP contribution is 2.32. The van der Waals surface area contributed by atoms with Gasteiger partial charge in [-0.2, -0.15) is 18.4 Å². The molecule has 0 heterocycles. The van der Waals surface area contributed by atoms with Crippen LogP contribution in [0.5, 0.6) is 0 Å².